The molecular formula is C24H24N2O3S. The Morgan fingerprint density at radius 2 is 1.90 bits per heavy atom. The van der Waals surface area contributed by atoms with E-state index in [2.05, 4.69) is 18.8 Å². The van der Waals surface area contributed by atoms with Crippen molar-refractivity contribution in [2.24, 2.45) is 0 Å². The van der Waals surface area contributed by atoms with Crippen LogP contribution in [-0.4, -0.2) is 29.8 Å². The van der Waals surface area contributed by atoms with Gasteiger partial charge in [0.25, 0.3) is 5.91 Å². The van der Waals surface area contributed by atoms with E-state index in [4.69, 9.17) is 4.74 Å². The highest BCUT2D eigenvalue weighted by Gasteiger charge is 2.28. The molecule has 2 aromatic carbocycles. The number of rotatable bonds is 5. The third-order valence-electron chi connectivity index (χ3n) is 5.28. The number of Topliss-reactive ketones (excluding diaryl/α,β-unsaturated/α-hetero) is 1. The Kier molecular flexibility index (Phi) is 5.43. The number of ketones is 1. The van der Waals surface area contributed by atoms with Crippen LogP contribution in [0, 0.1) is 13.8 Å². The van der Waals surface area contributed by atoms with Gasteiger partial charge in [-0.3, -0.25) is 14.5 Å². The Bertz CT molecular complexity index is 1120. The minimum Gasteiger partial charge on any atom is -0.482 e. The van der Waals surface area contributed by atoms with Gasteiger partial charge in [0.15, 0.2) is 12.4 Å². The molecule has 6 heteroatoms. The smallest absolute Gasteiger partial charge is 0.265 e. The van der Waals surface area contributed by atoms with Crippen LogP contribution < -0.4 is 9.64 Å². The summed E-state index contributed by atoms with van der Waals surface area (Å²) in [6, 6.07) is 13.3. The Labute approximate surface area is 180 Å². The molecule has 3 aromatic rings. The number of hydrogen-bond acceptors (Lipinski definition) is 5. The molecule has 0 spiro atoms. The van der Waals surface area contributed by atoms with Gasteiger partial charge in [-0.15, -0.1) is 11.3 Å². The number of carbonyl (C=O) groups is 2. The maximum absolute atomic E-state index is 12.9. The fourth-order valence-electron chi connectivity index (χ4n) is 3.61. The molecule has 0 bridgehead atoms. The van der Waals surface area contributed by atoms with Crippen molar-refractivity contribution in [2.45, 2.75) is 33.6 Å². The molecule has 0 saturated carbocycles. The van der Waals surface area contributed by atoms with E-state index in [9.17, 15) is 9.59 Å². The van der Waals surface area contributed by atoms with Gasteiger partial charge >= 0.3 is 0 Å². The van der Waals surface area contributed by atoms with Crippen molar-refractivity contribution < 1.29 is 14.3 Å². The van der Waals surface area contributed by atoms with Gasteiger partial charge in [-0.2, -0.15) is 0 Å². The highest BCUT2D eigenvalue weighted by Crippen LogP contribution is 2.37. The molecule has 1 aliphatic heterocycles. The zero-order chi connectivity index (χ0) is 21.4. The molecule has 0 fully saturated rings. The lowest BCUT2D eigenvalue weighted by Gasteiger charge is -2.29. The molecule has 2 heterocycles. The maximum atomic E-state index is 12.9. The van der Waals surface area contributed by atoms with Gasteiger partial charge in [0, 0.05) is 16.0 Å². The minimum atomic E-state index is -0.224. The topological polar surface area (TPSA) is 59.5 Å². The van der Waals surface area contributed by atoms with Crippen molar-refractivity contribution in [2.75, 3.05) is 18.1 Å². The first-order chi connectivity index (χ1) is 14.3. The van der Waals surface area contributed by atoms with E-state index in [1.54, 1.807) is 11.3 Å². The number of aryl methyl sites for hydroxylation is 2. The summed E-state index contributed by atoms with van der Waals surface area (Å²) in [5.41, 5.74) is 4.20. The van der Waals surface area contributed by atoms with E-state index < -0.39 is 0 Å². The summed E-state index contributed by atoms with van der Waals surface area (Å²) in [6.45, 7) is 8.15. The van der Waals surface area contributed by atoms with E-state index >= 15 is 0 Å². The molecule has 4 rings (SSSR count). The van der Waals surface area contributed by atoms with Gasteiger partial charge in [-0.25, -0.2) is 4.98 Å². The first kappa shape index (κ1) is 20.3. The van der Waals surface area contributed by atoms with Gasteiger partial charge < -0.3 is 4.74 Å². The Morgan fingerprint density at radius 3 is 2.53 bits per heavy atom. The van der Waals surface area contributed by atoms with Gasteiger partial charge in [0.2, 0.25) is 0 Å². The lowest BCUT2D eigenvalue weighted by Crippen LogP contribution is -2.42. The second-order valence-corrected chi connectivity index (χ2v) is 9.20. The number of amides is 1. The summed E-state index contributed by atoms with van der Waals surface area (Å²) >= 11 is 1.64. The molecular weight excluding hydrogens is 396 g/mol. The highest BCUT2D eigenvalue weighted by molar-refractivity contribution is 7.11. The fraction of sp³-hybridized carbons (Fsp3) is 0.292. The van der Waals surface area contributed by atoms with Gasteiger partial charge in [-0.05, 0) is 43.5 Å². The summed E-state index contributed by atoms with van der Waals surface area (Å²) < 4.78 is 5.60. The number of ether oxygens (including phenoxy) is 1. The SMILES string of the molecule is Cc1nc(-c2ccc3c(c2)N(CC(=O)c2ccc(C(C)C)cc2)C(=O)CO3)c(C)s1. The molecule has 30 heavy (non-hydrogen) atoms. The molecule has 0 saturated heterocycles. The Morgan fingerprint density at radius 1 is 1.17 bits per heavy atom. The van der Waals surface area contributed by atoms with Crippen LogP contribution in [0.25, 0.3) is 11.3 Å². The number of anilines is 1. The predicted octanol–water partition coefficient (Wildman–Crippen LogP) is 5.16. The summed E-state index contributed by atoms with van der Waals surface area (Å²) in [6.07, 6.45) is 0. The lowest BCUT2D eigenvalue weighted by atomic mass is 10.00. The standard InChI is InChI=1S/C24H24N2O3S/c1-14(2)17-5-7-18(8-6-17)21(27)12-26-20-11-19(24-15(3)30-16(4)25-24)9-10-22(20)29-13-23(26)28/h5-11,14H,12-13H2,1-4H3. The number of benzene rings is 2. The van der Waals surface area contributed by atoms with Crippen LogP contribution in [0.3, 0.4) is 0 Å². The third kappa shape index (κ3) is 3.87. The second-order valence-electron chi connectivity index (χ2n) is 7.79. The van der Waals surface area contributed by atoms with Crippen LogP contribution >= 0.6 is 11.3 Å². The third-order valence-corrected chi connectivity index (χ3v) is 6.17. The van der Waals surface area contributed by atoms with Crippen LogP contribution in [0.2, 0.25) is 0 Å². The number of fused-ring (bicyclic) bond motifs is 1. The number of aromatic nitrogens is 1. The zero-order valence-electron chi connectivity index (χ0n) is 17.6. The van der Waals surface area contributed by atoms with Crippen LogP contribution in [-0.2, 0) is 4.79 Å². The van der Waals surface area contributed by atoms with Crippen molar-refractivity contribution in [1.82, 2.24) is 4.98 Å². The Hall–Kier alpha value is -2.99. The second kappa shape index (κ2) is 8.03. The van der Waals surface area contributed by atoms with Crippen molar-refractivity contribution in [1.29, 1.82) is 0 Å². The van der Waals surface area contributed by atoms with E-state index in [0.29, 0.717) is 22.9 Å². The van der Waals surface area contributed by atoms with Crippen molar-refractivity contribution >= 4 is 28.7 Å². The molecule has 5 nitrogen and oxygen atoms in total. The highest BCUT2D eigenvalue weighted by atomic mass is 32.1. The fourth-order valence-corrected chi connectivity index (χ4v) is 4.45. The molecule has 0 unspecified atom stereocenters. The first-order valence-electron chi connectivity index (χ1n) is 9.98. The largest absolute Gasteiger partial charge is 0.482 e. The predicted molar refractivity (Wildman–Crippen MR) is 120 cm³/mol. The Balaban J connectivity index is 1.64. The van der Waals surface area contributed by atoms with E-state index in [-0.39, 0.29) is 24.8 Å². The minimum absolute atomic E-state index is 0.0191. The number of carbonyl (C=O) groups excluding carboxylic acids is 2. The number of hydrogen-bond donors (Lipinski definition) is 0. The van der Waals surface area contributed by atoms with Crippen LogP contribution in [0.1, 0.15) is 45.6 Å². The normalized spacial score (nSPS) is 13.4. The summed E-state index contributed by atoms with van der Waals surface area (Å²) in [4.78, 5) is 32.8. The molecule has 0 N–H and O–H groups in total. The van der Waals surface area contributed by atoms with Gasteiger partial charge in [0.05, 0.1) is 22.9 Å². The number of nitrogens with zero attached hydrogens (tertiary/aromatic N) is 2. The lowest BCUT2D eigenvalue weighted by molar-refractivity contribution is -0.121. The van der Waals surface area contributed by atoms with Crippen molar-refractivity contribution in [3.63, 3.8) is 0 Å². The van der Waals surface area contributed by atoms with Gasteiger partial charge in [-0.1, -0.05) is 38.1 Å². The van der Waals surface area contributed by atoms with Crippen LogP contribution in [0.5, 0.6) is 5.75 Å². The monoisotopic (exact) mass is 420 g/mol. The van der Waals surface area contributed by atoms with E-state index in [0.717, 1.165) is 21.1 Å². The molecule has 0 aliphatic carbocycles. The molecule has 0 radical (unpaired) electrons. The average Bonchev–Trinajstić information content (AvgIpc) is 3.07. The quantitative estimate of drug-likeness (QED) is 0.535. The molecule has 1 aliphatic rings. The molecule has 1 aromatic heterocycles. The van der Waals surface area contributed by atoms with Crippen LogP contribution in [0.15, 0.2) is 42.5 Å². The molecule has 154 valence electrons. The summed E-state index contributed by atoms with van der Waals surface area (Å²) in [5.74, 6) is 0.680. The number of thiazole rings is 1. The van der Waals surface area contributed by atoms with Crippen LogP contribution in [0.4, 0.5) is 5.69 Å². The van der Waals surface area contributed by atoms with Gasteiger partial charge in [0.1, 0.15) is 5.75 Å². The summed E-state index contributed by atoms with van der Waals surface area (Å²) in [5, 5.41) is 0.990. The van der Waals surface area contributed by atoms with E-state index in [1.807, 2.05) is 56.3 Å². The van der Waals surface area contributed by atoms with Crippen molar-refractivity contribution in [3.05, 3.63) is 63.5 Å². The van der Waals surface area contributed by atoms with Crippen molar-refractivity contribution in [3.8, 4) is 17.0 Å². The first-order valence-corrected chi connectivity index (χ1v) is 10.8. The average molecular weight is 421 g/mol. The summed E-state index contributed by atoms with van der Waals surface area (Å²) in [7, 11) is 0. The molecule has 0 atom stereocenters. The maximum Gasteiger partial charge on any atom is 0.265 e. The molecule has 1 amide bonds. The van der Waals surface area contributed by atoms with E-state index in [1.165, 1.54) is 10.5 Å². The zero-order valence-corrected chi connectivity index (χ0v) is 18.4.